The van der Waals surface area contributed by atoms with Gasteiger partial charge in [-0.2, -0.15) is 0 Å². The van der Waals surface area contributed by atoms with Gasteiger partial charge in [-0.25, -0.2) is 9.59 Å². The zero-order valence-corrected chi connectivity index (χ0v) is 18.0. The van der Waals surface area contributed by atoms with Crippen LogP contribution in [0, 0.1) is 0 Å². The van der Waals surface area contributed by atoms with E-state index in [9.17, 15) is 24.0 Å². The molecule has 0 fully saturated rings. The van der Waals surface area contributed by atoms with E-state index in [4.69, 9.17) is 21.3 Å². The van der Waals surface area contributed by atoms with Crippen LogP contribution in [-0.2, 0) is 32.1 Å². The zero-order valence-electron chi connectivity index (χ0n) is 18.0. The van der Waals surface area contributed by atoms with Crippen LogP contribution in [0.3, 0.4) is 0 Å². The van der Waals surface area contributed by atoms with Crippen LogP contribution in [-0.4, -0.2) is 54.6 Å². The van der Waals surface area contributed by atoms with Gasteiger partial charge in [0.05, 0.1) is 0 Å². The summed E-state index contributed by atoms with van der Waals surface area (Å²) in [5.74, 6) is -3.74. The number of hydrogen-bond acceptors (Lipinski definition) is 7. The van der Waals surface area contributed by atoms with Gasteiger partial charge in [0.1, 0.15) is 19.8 Å². The van der Waals surface area contributed by atoms with E-state index in [-0.39, 0.29) is 42.0 Å². The van der Waals surface area contributed by atoms with Crippen molar-refractivity contribution >= 4 is 35.5 Å². The lowest BCUT2D eigenvalue weighted by molar-refractivity contribution is -0.143. The number of anilines is 1. The molecule has 0 aliphatic heterocycles. The highest BCUT2D eigenvalue weighted by atomic mass is 16.5. The third-order valence-corrected chi connectivity index (χ3v) is 4.38. The number of alkyl carbamates (subject to hydrolysis) is 1. The Labute approximate surface area is 194 Å². The Kier molecular flexibility index (Phi) is 9.53. The summed E-state index contributed by atoms with van der Waals surface area (Å²) >= 11 is 0. The van der Waals surface area contributed by atoms with Crippen molar-refractivity contribution in [2.24, 2.45) is 11.5 Å². The lowest BCUT2D eigenvalue weighted by Crippen LogP contribution is -2.29. The Morgan fingerprint density at radius 1 is 0.912 bits per heavy atom. The second-order valence-electron chi connectivity index (χ2n) is 6.95. The molecule has 34 heavy (non-hydrogen) atoms. The Morgan fingerprint density at radius 2 is 1.53 bits per heavy atom. The molecule has 12 heteroatoms. The number of rotatable bonds is 12. The summed E-state index contributed by atoms with van der Waals surface area (Å²) in [5, 5.41) is 13.4. The van der Waals surface area contributed by atoms with E-state index < -0.39 is 43.0 Å². The highest BCUT2D eigenvalue weighted by Crippen LogP contribution is 2.22. The number of carbonyl (C=O) groups is 5. The molecular formula is C22H24N4O8. The smallest absolute Gasteiger partial charge is 0.407 e. The molecule has 0 aliphatic carbocycles. The maximum absolute atomic E-state index is 12.0. The number of primary amides is 2. The van der Waals surface area contributed by atoms with Gasteiger partial charge in [0.15, 0.2) is 0 Å². The van der Waals surface area contributed by atoms with Crippen LogP contribution in [0.1, 0.15) is 31.8 Å². The summed E-state index contributed by atoms with van der Waals surface area (Å²) in [5.41, 5.74) is 11.7. The fourth-order valence-corrected chi connectivity index (χ4v) is 2.95. The van der Waals surface area contributed by atoms with Gasteiger partial charge in [-0.3, -0.25) is 14.4 Å². The molecule has 7 N–H and O–H groups in total. The quantitative estimate of drug-likeness (QED) is 0.292. The number of carbonyl (C=O) groups excluding carboxylic acids is 4. The first-order chi connectivity index (χ1) is 16.2. The number of carboxylic acid groups (broad SMARTS) is 1. The van der Waals surface area contributed by atoms with Gasteiger partial charge < -0.3 is 36.7 Å². The average Bonchev–Trinajstić information content (AvgIpc) is 2.78. The third-order valence-electron chi connectivity index (χ3n) is 4.38. The first-order valence-electron chi connectivity index (χ1n) is 9.97. The Balaban J connectivity index is 2.06. The Bertz CT molecular complexity index is 1040. The van der Waals surface area contributed by atoms with Crippen molar-refractivity contribution in [2.45, 2.75) is 13.0 Å². The van der Waals surface area contributed by atoms with E-state index in [1.807, 2.05) is 18.2 Å². The van der Waals surface area contributed by atoms with Crippen LogP contribution in [0.15, 0.2) is 42.5 Å². The number of ether oxygens (including phenoxy) is 2. The molecule has 0 atom stereocenters. The van der Waals surface area contributed by atoms with E-state index in [1.54, 1.807) is 12.1 Å². The maximum atomic E-state index is 12.0. The number of carboxylic acids is 1. The lowest BCUT2D eigenvalue weighted by Gasteiger charge is -2.15. The first-order valence-corrected chi connectivity index (χ1v) is 9.97. The minimum absolute atomic E-state index is 0.00289. The SMILES string of the molecule is NC(=O)c1cc(NC(=O)COCC(=O)O)cc(C(N)=O)c1CCNC(=O)OCc1ccccc1. The van der Waals surface area contributed by atoms with E-state index in [0.717, 1.165) is 5.56 Å². The van der Waals surface area contributed by atoms with Crippen molar-refractivity contribution in [2.75, 3.05) is 25.1 Å². The molecule has 0 spiro atoms. The zero-order chi connectivity index (χ0) is 25.1. The monoisotopic (exact) mass is 472 g/mol. The molecule has 4 amide bonds. The Hall–Kier alpha value is -4.45. The first kappa shape index (κ1) is 25.8. The van der Waals surface area contributed by atoms with Gasteiger partial charge in [-0.1, -0.05) is 30.3 Å². The summed E-state index contributed by atoms with van der Waals surface area (Å²) in [7, 11) is 0. The highest BCUT2D eigenvalue weighted by Gasteiger charge is 2.19. The van der Waals surface area contributed by atoms with Crippen molar-refractivity contribution in [3.05, 3.63) is 64.7 Å². The van der Waals surface area contributed by atoms with Crippen LogP contribution in [0.25, 0.3) is 0 Å². The summed E-state index contributed by atoms with van der Waals surface area (Å²) in [6.45, 7) is -1.17. The standard InChI is InChI=1S/C22H24N4O8/c23-20(30)16-8-14(26-18(27)11-33-12-19(28)29)9-17(21(24)31)15(16)6-7-25-22(32)34-10-13-4-2-1-3-5-13/h1-5,8-9H,6-7,10-12H2,(H2,23,30)(H2,24,31)(H,25,32)(H,26,27)(H,28,29). The minimum atomic E-state index is -1.25. The van der Waals surface area contributed by atoms with Gasteiger partial charge in [-0.05, 0) is 29.7 Å². The van der Waals surface area contributed by atoms with Crippen molar-refractivity contribution < 1.29 is 38.6 Å². The van der Waals surface area contributed by atoms with Gasteiger partial charge in [0.25, 0.3) is 0 Å². The third kappa shape index (κ3) is 8.24. The molecule has 12 nitrogen and oxygen atoms in total. The molecule has 2 aromatic rings. The van der Waals surface area contributed by atoms with E-state index in [1.165, 1.54) is 12.1 Å². The molecule has 0 bridgehead atoms. The predicted octanol–water partition coefficient (Wildman–Crippen LogP) is 0.393. The summed E-state index contributed by atoms with van der Waals surface area (Å²) in [6.07, 6.45) is -0.678. The average molecular weight is 472 g/mol. The maximum Gasteiger partial charge on any atom is 0.407 e. The molecule has 2 rings (SSSR count). The molecule has 0 radical (unpaired) electrons. The molecule has 2 aromatic carbocycles. The largest absolute Gasteiger partial charge is 0.480 e. The van der Waals surface area contributed by atoms with Crippen LogP contribution in [0.4, 0.5) is 10.5 Å². The van der Waals surface area contributed by atoms with E-state index >= 15 is 0 Å². The lowest BCUT2D eigenvalue weighted by atomic mass is 9.96. The number of aliphatic carboxylic acids is 1. The van der Waals surface area contributed by atoms with Crippen molar-refractivity contribution in [3.63, 3.8) is 0 Å². The number of amides is 4. The van der Waals surface area contributed by atoms with E-state index in [0.29, 0.717) is 0 Å². The number of nitrogens with two attached hydrogens (primary N) is 2. The van der Waals surface area contributed by atoms with Crippen LogP contribution >= 0.6 is 0 Å². The van der Waals surface area contributed by atoms with Crippen molar-refractivity contribution in [3.8, 4) is 0 Å². The van der Waals surface area contributed by atoms with Crippen LogP contribution in [0.2, 0.25) is 0 Å². The molecule has 0 unspecified atom stereocenters. The molecule has 0 aliphatic rings. The molecule has 180 valence electrons. The van der Waals surface area contributed by atoms with Gasteiger partial charge in [-0.15, -0.1) is 0 Å². The van der Waals surface area contributed by atoms with E-state index in [2.05, 4.69) is 15.4 Å². The fraction of sp³-hybridized carbons (Fsp3) is 0.227. The molecular weight excluding hydrogens is 448 g/mol. The summed E-state index contributed by atoms with van der Waals surface area (Å²) < 4.78 is 9.79. The molecule has 0 aromatic heterocycles. The number of hydrogen-bond donors (Lipinski definition) is 5. The van der Waals surface area contributed by atoms with Gasteiger partial charge in [0.2, 0.25) is 17.7 Å². The predicted molar refractivity (Wildman–Crippen MR) is 119 cm³/mol. The fourth-order valence-electron chi connectivity index (χ4n) is 2.95. The summed E-state index contributed by atoms with van der Waals surface area (Å²) in [6, 6.07) is 11.5. The second kappa shape index (κ2) is 12.6. The number of benzene rings is 2. The molecule has 0 saturated carbocycles. The van der Waals surface area contributed by atoms with Crippen LogP contribution in [0.5, 0.6) is 0 Å². The Morgan fingerprint density at radius 3 is 2.09 bits per heavy atom. The van der Waals surface area contributed by atoms with Crippen LogP contribution < -0.4 is 22.1 Å². The minimum Gasteiger partial charge on any atom is -0.480 e. The normalized spacial score (nSPS) is 10.2. The van der Waals surface area contributed by atoms with Gasteiger partial charge in [0, 0.05) is 23.4 Å². The number of nitrogens with one attached hydrogen (secondary N) is 2. The van der Waals surface area contributed by atoms with Crippen molar-refractivity contribution in [1.82, 2.24) is 5.32 Å². The van der Waals surface area contributed by atoms with Gasteiger partial charge >= 0.3 is 12.1 Å². The van der Waals surface area contributed by atoms with Crippen molar-refractivity contribution in [1.29, 1.82) is 0 Å². The second-order valence-corrected chi connectivity index (χ2v) is 6.95. The molecule has 0 saturated heterocycles. The topological polar surface area (TPSA) is 200 Å². The summed E-state index contributed by atoms with van der Waals surface area (Å²) in [4.78, 5) is 58.3. The molecule has 0 heterocycles. The highest BCUT2D eigenvalue weighted by molar-refractivity contribution is 6.04.